The van der Waals surface area contributed by atoms with E-state index >= 15 is 0 Å². The zero-order valence-electron chi connectivity index (χ0n) is 10.8. The van der Waals surface area contributed by atoms with Crippen LogP contribution in [0.25, 0.3) is 0 Å². The third kappa shape index (κ3) is 5.34. The van der Waals surface area contributed by atoms with Gasteiger partial charge in [-0.1, -0.05) is 12.2 Å². The SMILES string of the molecule is NC(=O)COCCNS(=O)(=O)c1ccc(F)c(C(N)=S)c1. The molecule has 116 valence electrons. The molecule has 1 rings (SSSR count). The lowest BCUT2D eigenvalue weighted by molar-refractivity contribution is -0.122. The molecule has 5 N–H and O–H groups in total. The first-order valence-corrected chi connectivity index (χ1v) is 7.58. The molecule has 0 atom stereocenters. The van der Waals surface area contributed by atoms with Crippen LogP contribution in [0.5, 0.6) is 0 Å². The Morgan fingerprint density at radius 3 is 2.62 bits per heavy atom. The average molecular weight is 335 g/mol. The molecule has 0 heterocycles. The second kappa shape index (κ2) is 7.41. The number of halogens is 1. The van der Waals surface area contributed by atoms with E-state index in [1.807, 2.05) is 0 Å². The number of rotatable bonds is 8. The molecule has 0 radical (unpaired) electrons. The number of carbonyl (C=O) groups excluding carboxylic acids is 1. The van der Waals surface area contributed by atoms with Crippen molar-refractivity contribution in [2.75, 3.05) is 19.8 Å². The van der Waals surface area contributed by atoms with Crippen LogP contribution in [0.15, 0.2) is 23.1 Å². The van der Waals surface area contributed by atoms with Crippen molar-refractivity contribution < 1.29 is 22.3 Å². The fraction of sp³-hybridized carbons (Fsp3) is 0.273. The Morgan fingerprint density at radius 1 is 1.38 bits per heavy atom. The van der Waals surface area contributed by atoms with E-state index in [-0.39, 0.29) is 35.2 Å². The molecule has 10 heteroatoms. The van der Waals surface area contributed by atoms with Crippen LogP contribution in [0, 0.1) is 5.82 Å². The third-order valence-corrected chi connectivity index (χ3v) is 3.98. The summed E-state index contributed by atoms with van der Waals surface area (Å²) in [7, 11) is -3.86. The van der Waals surface area contributed by atoms with Gasteiger partial charge in [0.05, 0.1) is 11.5 Å². The highest BCUT2D eigenvalue weighted by molar-refractivity contribution is 7.89. The van der Waals surface area contributed by atoms with Crippen LogP contribution in [-0.4, -0.2) is 39.1 Å². The summed E-state index contributed by atoms with van der Waals surface area (Å²) in [4.78, 5) is 9.99. The second-order valence-electron chi connectivity index (χ2n) is 3.92. The van der Waals surface area contributed by atoms with E-state index in [1.165, 1.54) is 0 Å². The Labute approximate surface area is 126 Å². The molecule has 0 fully saturated rings. The number of benzene rings is 1. The topological polar surface area (TPSA) is 125 Å². The first-order chi connectivity index (χ1) is 9.74. The molecule has 1 aromatic rings. The number of amides is 1. The van der Waals surface area contributed by atoms with Crippen molar-refractivity contribution in [1.82, 2.24) is 4.72 Å². The molecule has 0 aliphatic rings. The first kappa shape index (κ1) is 17.4. The Balaban J connectivity index is 2.72. The summed E-state index contributed by atoms with van der Waals surface area (Å²) >= 11 is 4.64. The van der Waals surface area contributed by atoms with Gasteiger partial charge in [0.2, 0.25) is 15.9 Å². The monoisotopic (exact) mass is 335 g/mol. The molecule has 0 saturated heterocycles. The highest BCUT2D eigenvalue weighted by Crippen LogP contribution is 2.15. The second-order valence-corrected chi connectivity index (χ2v) is 6.13. The van der Waals surface area contributed by atoms with Gasteiger partial charge in [0, 0.05) is 12.1 Å². The number of carbonyl (C=O) groups is 1. The van der Waals surface area contributed by atoms with E-state index in [0.29, 0.717) is 0 Å². The lowest BCUT2D eigenvalue weighted by Crippen LogP contribution is -2.29. The van der Waals surface area contributed by atoms with Gasteiger partial charge >= 0.3 is 0 Å². The molecule has 0 spiro atoms. The van der Waals surface area contributed by atoms with Crippen LogP contribution in [0.1, 0.15) is 5.56 Å². The summed E-state index contributed by atoms with van der Waals surface area (Å²) < 4.78 is 44.3. The van der Waals surface area contributed by atoms with E-state index in [2.05, 4.69) is 16.9 Å². The average Bonchev–Trinajstić information content (AvgIpc) is 2.37. The zero-order chi connectivity index (χ0) is 16.0. The van der Waals surface area contributed by atoms with E-state index in [0.717, 1.165) is 18.2 Å². The smallest absolute Gasteiger partial charge is 0.243 e. The van der Waals surface area contributed by atoms with Gasteiger partial charge in [-0.3, -0.25) is 4.79 Å². The van der Waals surface area contributed by atoms with E-state index in [9.17, 15) is 17.6 Å². The summed E-state index contributed by atoms with van der Waals surface area (Å²) in [5.41, 5.74) is 10.0. The van der Waals surface area contributed by atoms with Gasteiger partial charge in [-0.25, -0.2) is 17.5 Å². The molecule has 21 heavy (non-hydrogen) atoms. The molecule has 0 bridgehead atoms. The van der Waals surface area contributed by atoms with Crippen LogP contribution >= 0.6 is 12.2 Å². The molecular weight excluding hydrogens is 321 g/mol. The minimum atomic E-state index is -3.86. The number of hydrogen-bond donors (Lipinski definition) is 3. The van der Waals surface area contributed by atoms with E-state index in [1.54, 1.807) is 0 Å². The number of sulfonamides is 1. The van der Waals surface area contributed by atoms with Gasteiger partial charge in [-0.2, -0.15) is 0 Å². The minimum Gasteiger partial charge on any atom is -0.389 e. The number of primary amides is 1. The molecule has 0 unspecified atom stereocenters. The molecule has 7 nitrogen and oxygen atoms in total. The van der Waals surface area contributed by atoms with Gasteiger partial charge in [0.1, 0.15) is 17.4 Å². The molecule has 0 aliphatic carbocycles. The van der Waals surface area contributed by atoms with Crippen molar-refractivity contribution in [2.45, 2.75) is 4.90 Å². The highest BCUT2D eigenvalue weighted by Gasteiger charge is 2.16. The van der Waals surface area contributed by atoms with Crippen molar-refractivity contribution in [3.63, 3.8) is 0 Å². The maximum atomic E-state index is 13.4. The van der Waals surface area contributed by atoms with Gasteiger partial charge in [0.15, 0.2) is 0 Å². The van der Waals surface area contributed by atoms with Gasteiger partial charge in [-0.15, -0.1) is 0 Å². The molecule has 0 aromatic heterocycles. The quantitative estimate of drug-likeness (QED) is 0.424. The van der Waals surface area contributed by atoms with Crippen molar-refractivity contribution in [3.05, 3.63) is 29.6 Å². The van der Waals surface area contributed by atoms with Crippen LogP contribution < -0.4 is 16.2 Å². The van der Waals surface area contributed by atoms with Gasteiger partial charge in [0.25, 0.3) is 0 Å². The molecule has 1 amide bonds. The Hall–Kier alpha value is -1.62. The maximum absolute atomic E-state index is 13.4. The van der Waals surface area contributed by atoms with Crippen molar-refractivity contribution >= 4 is 33.1 Å². The normalized spacial score (nSPS) is 11.3. The predicted molar refractivity (Wildman–Crippen MR) is 77.5 cm³/mol. The Bertz CT molecular complexity index is 649. The zero-order valence-corrected chi connectivity index (χ0v) is 12.5. The summed E-state index contributed by atoms with van der Waals surface area (Å²) in [5, 5.41) is 0. The number of ether oxygens (including phenoxy) is 1. The van der Waals surface area contributed by atoms with Crippen molar-refractivity contribution in [1.29, 1.82) is 0 Å². The lowest BCUT2D eigenvalue weighted by Gasteiger charge is -2.08. The largest absolute Gasteiger partial charge is 0.389 e. The standard InChI is InChI=1S/C11H14FN3O4S2/c12-9-2-1-7(5-8(9)11(14)20)21(17,18)15-3-4-19-6-10(13)16/h1-2,5,15H,3-4,6H2,(H2,13,16)(H2,14,20). The summed E-state index contributed by atoms with van der Waals surface area (Å²) in [5.74, 6) is -1.36. The van der Waals surface area contributed by atoms with Gasteiger partial charge < -0.3 is 16.2 Å². The van der Waals surface area contributed by atoms with Crippen LogP contribution in [-0.2, 0) is 19.6 Å². The number of hydrogen-bond acceptors (Lipinski definition) is 5. The van der Waals surface area contributed by atoms with Gasteiger partial charge in [-0.05, 0) is 18.2 Å². The Morgan fingerprint density at radius 2 is 2.05 bits per heavy atom. The van der Waals surface area contributed by atoms with Crippen LogP contribution in [0.3, 0.4) is 0 Å². The van der Waals surface area contributed by atoms with E-state index in [4.69, 9.17) is 16.2 Å². The maximum Gasteiger partial charge on any atom is 0.243 e. The molecule has 0 aliphatic heterocycles. The van der Waals surface area contributed by atoms with Crippen molar-refractivity contribution in [3.8, 4) is 0 Å². The number of nitrogens with one attached hydrogen (secondary N) is 1. The molecule has 0 saturated carbocycles. The fourth-order valence-electron chi connectivity index (χ4n) is 1.36. The Kier molecular flexibility index (Phi) is 6.15. The number of nitrogens with two attached hydrogens (primary N) is 2. The van der Waals surface area contributed by atoms with Crippen molar-refractivity contribution in [2.24, 2.45) is 11.5 Å². The third-order valence-electron chi connectivity index (χ3n) is 2.30. The van der Waals surface area contributed by atoms with Crippen LogP contribution in [0.2, 0.25) is 0 Å². The lowest BCUT2D eigenvalue weighted by atomic mass is 10.2. The summed E-state index contributed by atoms with van der Waals surface area (Å²) in [6.07, 6.45) is 0. The predicted octanol–water partition coefficient (Wildman–Crippen LogP) is -0.760. The molecular formula is C11H14FN3O4S2. The fourth-order valence-corrected chi connectivity index (χ4v) is 2.56. The van der Waals surface area contributed by atoms with E-state index < -0.39 is 21.7 Å². The summed E-state index contributed by atoms with van der Waals surface area (Å²) in [6.45, 7) is -0.412. The highest BCUT2D eigenvalue weighted by atomic mass is 32.2. The first-order valence-electron chi connectivity index (χ1n) is 5.69. The summed E-state index contributed by atoms with van der Waals surface area (Å²) in [6, 6.07) is 3.10. The van der Waals surface area contributed by atoms with Crippen LogP contribution in [0.4, 0.5) is 4.39 Å². The minimum absolute atomic E-state index is 0.0362. The molecule has 1 aromatic carbocycles. The number of thiocarbonyl (C=S) groups is 1.